The van der Waals surface area contributed by atoms with Crippen molar-refractivity contribution in [2.24, 2.45) is 0 Å². The molecule has 3 nitrogen and oxygen atoms in total. The number of thiophene rings is 1. The zero-order chi connectivity index (χ0) is 11.5. The van der Waals surface area contributed by atoms with Crippen molar-refractivity contribution < 1.29 is 9.53 Å². The van der Waals surface area contributed by atoms with E-state index in [0.717, 1.165) is 14.9 Å². The van der Waals surface area contributed by atoms with Gasteiger partial charge in [0.25, 0.3) is 0 Å². The lowest BCUT2D eigenvalue weighted by Gasteiger charge is -1.99. The van der Waals surface area contributed by atoms with Gasteiger partial charge in [-0.05, 0) is 34.1 Å². The molecule has 0 N–H and O–H groups in total. The Morgan fingerprint density at radius 2 is 2.25 bits per heavy atom. The maximum absolute atomic E-state index is 11.3. The summed E-state index contributed by atoms with van der Waals surface area (Å²) < 4.78 is 5.57. The van der Waals surface area contributed by atoms with Gasteiger partial charge in [0.1, 0.15) is 4.88 Å². The van der Waals surface area contributed by atoms with Crippen LogP contribution in [0.4, 0.5) is 0 Å². The summed E-state index contributed by atoms with van der Waals surface area (Å²) in [5.74, 6) is -0.304. The summed E-state index contributed by atoms with van der Waals surface area (Å²) in [5.41, 5.74) is 1.02. The molecule has 0 fully saturated rings. The predicted octanol–water partition coefficient (Wildman–Crippen LogP) is 3.36. The minimum Gasteiger partial charge on any atom is -0.465 e. The van der Waals surface area contributed by atoms with Gasteiger partial charge < -0.3 is 4.74 Å². The van der Waals surface area contributed by atoms with Crippen molar-refractivity contribution >= 4 is 33.2 Å². The van der Waals surface area contributed by atoms with E-state index >= 15 is 0 Å². The second-order valence-electron chi connectivity index (χ2n) is 3.01. The van der Waals surface area contributed by atoms with E-state index in [4.69, 9.17) is 0 Å². The topological polar surface area (TPSA) is 39.2 Å². The molecule has 0 aliphatic rings. The van der Waals surface area contributed by atoms with E-state index in [0.29, 0.717) is 4.88 Å². The molecule has 0 saturated carbocycles. The van der Waals surface area contributed by atoms with E-state index in [1.54, 1.807) is 18.5 Å². The van der Waals surface area contributed by atoms with Crippen LogP contribution in [0.3, 0.4) is 0 Å². The number of ether oxygens (including phenoxy) is 1. The molecular weight excluding hydrogens is 290 g/mol. The number of methoxy groups -OCH3 is 1. The second-order valence-corrected chi connectivity index (χ2v) is 4.95. The summed E-state index contributed by atoms with van der Waals surface area (Å²) in [7, 11) is 1.38. The molecule has 0 aliphatic carbocycles. The lowest BCUT2D eigenvalue weighted by molar-refractivity contribution is 0.0606. The zero-order valence-electron chi connectivity index (χ0n) is 8.44. The van der Waals surface area contributed by atoms with E-state index in [2.05, 4.69) is 25.7 Å². The van der Waals surface area contributed by atoms with Crippen molar-refractivity contribution in [3.63, 3.8) is 0 Å². The smallest absolute Gasteiger partial charge is 0.348 e. The van der Waals surface area contributed by atoms with Crippen molar-refractivity contribution in [3.05, 3.63) is 39.9 Å². The predicted molar refractivity (Wildman–Crippen MR) is 66.6 cm³/mol. The fourth-order valence-electron chi connectivity index (χ4n) is 1.27. The molecule has 0 atom stereocenters. The number of nitrogens with zero attached hydrogens (tertiary/aromatic N) is 1. The Morgan fingerprint density at radius 1 is 1.44 bits per heavy atom. The minimum absolute atomic E-state index is 0.304. The maximum Gasteiger partial charge on any atom is 0.348 e. The largest absolute Gasteiger partial charge is 0.465 e. The van der Waals surface area contributed by atoms with Crippen LogP contribution in [0.5, 0.6) is 0 Å². The number of carbonyl (C=O) groups excluding carboxylic acids is 1. The number of esters is 1. The van der Waals surface area contributed by atoms with Crippen LogP contribution in [0.2, 0.25) is 0 Å². The quantitative estimate of drug-likeness (QED) is 0.798. The van der Waals surface area contributed by atoms with E-state index in [9.17, 15) is 4.79 Å². The average Bonchev–Trinajstić information content (AvgIpc) is 2.78. The molecule has 2 aromatic rings. The van der Waals surface area contributed by atoms with Gasteiger partial charge in [-0.25, -0.2) is 4.79 Å². The summed E-state index contributed by atoms with van der Waals surface area (Å²) in [4.78, 5) is 16.9. The van der Waals surface area contributed by atoms with Crippen LogP contribution in [0, 0.1) is 0 Å². The van der Waals surface area contributed by atoms with Gasteiger partial charge in [-0.3, -0.25) is 4.98 Å². The molecule has 0 aliphatic heterocycles. The minimum atomic E-state index is -0.304. The fourth-order valence-corrected chi connectivity index (χ4v) is 2.83. The lowest BCUT2D eigenvalue weighted by Crippen LogP contribution is -1.96. The highest BCUT2D eigenvalue weighted by molar-refractivity contribution is 9.10. The molecule has 16 heavy (non-hydrogen) atoms. The Balaban J connectivity index is 2.39. The third-order valence-electron chi connectivity index (χ3n) is 2.03. The lowest BCUT2D eigenvalue weighted by atomic mass is 10.2. The molecule has 0 aromatic carbocycles. The molecule has 0 saturated heterocycles. The van der Waals surface area contributed by atoms with E-state index < -0.39 is 0 Å². The number of rotatable bonds is 2. The van der Waals surface area contributed by atoms with Gasteiger partial charge in [0.15, 0.2) is 0 Å². The van der Waals surface area contributed by atoms with Crippen molar-refractivity contribution in [2.45, 2.75) is 0 Å². The first-order chi connectivity index (χ1) is 7.72. The molecule has 0 spiro atoms. The Labute approximate surface area is 105 Å². The zero-order valence-corrected chi connectivity index (χ0v) is 10.8. The molecule has 82 valence electrons. The Morgan fingerprint density at radius 3 is 2.94 bits per heavy atom. The number of hydrogen-bond acceptors (Lipinski definition) is 4. The first-order valence-corrected chi connectivity index (χ1v) is 6.11. The highest BCUT2D eigenvalue weighted by Crippen LogP contribution is 2.32. The fraction of sp³-hybridized carbons (Fsp3) is 0.0909. The van der Waals surface area contributed by atoms with Crippen LogP contribution >= 0.6 is 27.3 Å². The normalized spacial score (nSPS) is 10.1. The monoisotopic (exact) mass is 297 g/mol. The van der Waals surface area contributed by atoms with Gasteiger partial charge >= 0.3 is 5.97 Å². The van der Waals surface area contributed by atoms with Crippen LogP contribution in [0.15, 0.2) is 35.1 Å². The van der Waals surface area contributed by atoms with Crippen molar-refractivity contribution in [2.75, 3.05) is 7.11 Å². The molecule has 0 radical (unpaired) electrons. The number of halogens is 1. The summed E-state index contributed by atoms with van der Waals surface area (Å²) >= 11 is 4.82. The standard InChI is InChI=1S/C11H8BrNO2S/c1-15-11(14)10-3-2-9(16-10)7-4-5-13-6-8(7)12/h2-6H,1H3. The first kappa shape index (κ1) is 11.3. The summed E-state index contributed by atoms with van der Waals surface area (Å²) in [6.45, 7) is 0. The Bertz CT molecular complexity index is 524. The number of aromatic nitrogens is 1. The molecule has 5 heteroatoms. The maximum atomic E-state index is 11.3. The first-order valence-electron chi connectivity index (χ1n) is 4.50. The molecule has 2 aromatic heterocycles. The number of pyridine rings is 1. The van der Waals surface area contributed by atoms with Crippen LogP contribution in [-0.4, -0.2) is 18.1 Å². The summed E-state index contributed by atoms with van der Waals surface area (Å²) in [6, 6.07) is 5.56. The summed E-state index contributed by atoms with van der Waals surface area (Å²) in [5, 5.41) is 0. The van der Waals surface area contributed by atoms with Gasteiger partial charge in [0.05, 0.1) is 7.11 Å². The SMILES string of the molecule is COC(=O)c1ccc(-c2ccncc2Br)s1. The second kappa shape index (κ2) is 4.76. The Kier molecular flexibility index (Phi) is 3.36. The van der Waals surface area contributed by atoms with E-state index in [1.165, 1.54) is 18.4 Å². The van der Waals surface area contributed by atoms with Crippen LogP contribution < -0.4 is 0 Å². The number of carbonyl (C=O) groups is 1. The van der Waals surface area contributed by atoms with Crippen LogP contribution in [-0.2, 0) is 4.74 Å². The van der Waals surface area contributed by atoms with Gasteiger partial charge in [0, 0.05) is 27.3 Å². The third-order valence-corrected chi connectivity index (χ3v) is 3.76. The molecule has 0 unspecified atom stereocenters. The molecular formula is C11H8BrNO2S. The van der Waals surface area contributed by atoms with Gasteiger partial charge in [-0.15, -0.1) is 11.3 Å². The van der Waals surface area contributed by atoms with Crippen molar-refractivity contribution in [1.29, 1.82) is 0 Å². The highest BCUT2D eigenvalue weighted by Gasteiger charge is 2.11. The van der Waals surface area contributed by atoms with E-state index in [1.807, 2.05) is 12.1 Å². The molecule has 2 heterocycles. The third kappa shape index (κ3) is 2.15. The average molecular weight is 298 g/mol. The molecule has 0 bridgehead atoms. The van der Waals surface area contributed by atoms with E-state index in [-0.39, 0.29) is 5.97 Å². The molecule has 2 rings (SSSR count). The van der Waals surface area contributed by atoms with Crippen molar-refractivity contribution in [3.8, 4) is 10.4 Å². The Hall–Kier alpha value is -1.20. The van der Waals surface area contributed by atoms with Crippen LogP contribution in [0.1, 0.15) is 9.67 Å². The molecule has 0 amide bonds. The van der Waals surface area contributed by atoms with Gasteiger partial charge in [-0.1, -0.05) is 0 Å². The summed E-state index contributed by atoms with van der Waals surface area (Å²) in [6.07, 6.45) is 3.45. The van der Waals surface area contributed by atoms with Crippen molar-refractivity contribution in [1.82, 2.24) is 4.98 Å². The number of hydrogen-bond donors (Lipinski definition) is 0. The highest BCUT2D eigenvalue weighted by atomic mass is 79.9. The van der Waals surface area contributed by atoms with Crippen LogP contribution in [0.25, 0.3) is 10.4 Å². The van der Waals surface area contributed by atoms with Gasteiger partial charge in [0.2, 0.25) is 0 Å². The van der Waals surface area contributed by atoms with Gasteiger partial charge in [-0.2, -0.15) is 0 Å².